The van der Waals surface area contributed by atoms with E-state index < -0.39 is 0 Å². The Balaban J connectivity index is 2.41. The van der Waals surface area contributed by atoms with Gasteiger partial charge in [-0.25, -0.2) is 0 Å². The van der Waals surface area contributed by atoms with Crippen molar-refractivity contribution in [3.8, 4) is 12.3 Å². The van der Waals surface area contributed by atoms with Crippen LogP contribution in [-0.4, -0.2) is 4.98 Å². The van der Waals surface area contributed by atoms with Gasteiger partial charge in [-0.3, -0.25) is 0 Å². The van der Waals surface area contributed by atoms with E-state index in [2.05, 4.69) is 10.9 Å². The molecule has 0 atom stereocenters. The molecule has 0 saturated heterocycles. The lowest BCUT2D eigenvalue weighted by Crippen LogP contribution is -1.80. The van der Waals surface area contributed by atoms with Crippen LogP contribution in [0, 0.1) is 12.3 Å². The van der Waals surface area contributed by atoms with Crippen LogP contribution in [0.3, 0.4) is 0 Å². The lowest BCUT2D eigenvalue weighted by atomic mass is 10.2. The summed E-state index contributed by atoms with van der Waals surface area (Å²) in [5.74, 6) is 2.59. The fraction of sp³-hybridized carbons (Fsp3) is 0.250. The van der Waals surface area contributed by atoms with Crippen LogP contribution in [0.1, 0.15) is 12.1 Å². The van der Waals surface area contributed by atoms with Gasteiger partial charge in [0.1, 0.15) is 0 Å². The second-order valence-corrected chi connectivity index (χ2v) is 1.90. The first-order valence-electron chi connectivity index (χ1n) is 2.99. The number of rotatable bonds is 2. The van der Waals surface area contributed by atoms with Crippen molar-refractivity contribution < 1.29 is 0 Å². The third-order valence-corrected chi connectivity index (χ3v) is 1.20. The predicted molar refractivity (Wildman–Crippen MR) is 37.9 cm³/mol. The summed E-state index contributed by atoms with van der Waals surface area (Å²) in [6.07, 6.45) is 8.77. The summed E-state index contributed by atoms with van der Waals surface area (Å²) in [6.45, 7) is 0. The minimum absolute atomic E-state index is 0.820. The van der Waals surface area contributed by atoms with Crippen molar-refractivity contribution in [2.75, 3.05) is 0 Å². The Bertz CT molecular complexity index is 191. The Hall–Kier alpha value is -1.16. The molecule has 9 heavy (non-hydrogen) atoms. The molecule has 0 unspecified atom stereocenters. The lowest BCUT2D eigenvalue weighted by Gasteiger charge is -1.87. The lowest BCUT2D eigenvalue weighted by molar-refractivity contribution is 0.981. The quantitative estimate of drug-likeness (QED) is 0.569. The van der Waals surface area contributed by atoms with Gasteiger partial charge in [0, 0.05) is 18.3 Å². The van der Waals surface area contributed by atoms with Crippen LogP contribution in [0.15, 0.2) is 18.3 Å². The molecule has 0 radical (unpaired) electrons. The van der Waals surface area contributed by atoms with Crippen molar-refractivity contribution >= 4 is 0 Å². The molecule has 0 amide bonds. The van der Waals surface area contributed by atoms with Crippen molar-refractivity contribution in [2.45, 2.75) is 12.8 Å². The second kappa shape index (κ2) is 2.99. The minimum Gasteiger partial charge on any atom is -0.365 e. The molecule has 0 saturated carbocycles. The number of aryl methyl sites for hydroxylation is 1. The topological polar surface area (TPSA) is 15.8 Å². The summed E-state index contributed by atoms with van der Waals surface area (Å²) < 4.78 is 0. The zero-order valence-corrected chi connectivity index (χ0v) is 5.22. The zero-order chi connectivity index (χ0) is 6.53. The number of aromatic nitrogens is 1. The normalized spacial score (nSPS) is 8.78. The molecule has 0 spiro atoms. The molecule has 46 valence electrons. The van der Waals surface area contributed by atoms with E-state index in [4.69, 9.17) is 6.42 Å². The summed E-state index contributed by atoms with van der Waals surface area (Å²) in [4.78, 5) is 3.08. The molecule has 0 fully saturated rings. The van der Waals surface area contributed by atoms with Gasteiger partial charge in [-0.05, 0) is 18.6 Å². The van der Waals surface area contributed by atoms with Gasteiger partial charge in [-0.2, -0.15) is 0 Å². The number of H-pyrrole nitrogens is 1. The highest BCUT2D eigenvalue weighted by Gasteiger charge is 1.87. The molecular weight excluding hydrogens is 110 g/mol. The molecule has 1 heteroatoms. The van der Waals surface area contributed by atoms with Crippen LogP contribution >= 0.6 is 0 Å². The first-order chi connectivity index (χ1) is 4.43. The van der Waals surface area contributed by atoms with E-state index in [1.807, 2.05) is 18.3 Å². The Morgan fingerprint density at radius 2 is 2.56 bits per heavy atom. The molecule has 1 rings (SSSR count). The van der Waals surface area contributed by atoms with Gasteiger partial charge in [0.25, 0.3) is 0 Å². The van der Waals surface area contributed by atoms with Crippen LogP contribution in [0.5, 0.6) is 0 Å². The van der Waals surface area contributed by atoms with Crippen LogP contribution in [-0.2, 0) is 6.42 Å². The maximum atomic E-state index is 5.08. The third-order valence-electron chi connectivity index (χ3n) is 1.20. The number of hydrogen-bond acceptors (Lipinski definition) is 0. The van der Waals surface area contributed by atoms with E-state index >= 15 is 0 Å². The van der Waals surface area contributed by atoms with Gasteiger partial charge in [0.05, 0.1) is 0 Å². The van der Waals surface area contributed by atoms with Gasteiger partial charge in [-0.1, -0.05) is 0 Å². The highest BCUT2D eigenvalue weighted by Crippen LogP contribution is 1.96. The fourth-order valence-corrected chi connectivity index (χ4v) is 0.730. The predicted octanol–water partition coefficient (Wildman–Crippen LogP) is 1.58. The van der Waals surface area contributed by atoms with Crippen LogP contribution in [0.4, 0.5) is 0 Å². The first-order valence-corrected chi connectivity index (χ1v) is 2.99. The molecule has 1 N–H and O–H groups in total. The van der Waals surface area contributed by atoms with E-state index in [0.717, 1.165) is 12.8 Å². The van der Waals surface area contributed by atoms with Crippen LogP contribution in [0.2, 0.25) is 0 Å². The number of hydrogen-bond donors (Lipinski definition) is 1. The van der Waals surface area contributed by atoms with Crippen LogP contribution in [0.25, 0.3) is 0 Å². The molecule has 1 nitrogen and oxygen atoms in total. The molecular formula is C8H9N. The average Bonchev–Trinajstić information content (AvgIpc) is 2.34. The van der Waals surface area contributed by atoms with Crippen molar-refractivity contribution in [1.29, 1.82) is 0 Å². The van der Waals surface area contributed by atoms with Crippen molar-refractivity contribution in [3.63, 3.8) is 0 Å². The van der Waals surface area contributed by atoms with E-state index in [-0.39, 0.29) is 0 Å². The Labute approximate surface area is 55.1 Å². The van der Waals surface area contributed by atoms with Gasteiger partial charge in [-0.15, -0.1) is 12.3 Å². The highest BCUT2D eigenvalue weighted by molar-refractivity contribution is 5.05. The SMILES string of the molecule is C#CCCc1ccc[nH]1. The standard InChI is InChI=1S/C8H9N/c1-2-3-5-8-6-4-7-9-8/h1,4,6-7,9H,3,5H2. The maximum absolute atomic E-state index is 5.08. The number of nitrogens with one attached hydrogen (secondary N) is 1. The summed E-state index contributed by atoms with van der Waals surface area (Å²) in [5, 5.41) is 0. The summed E-state index contributed by atoms with van der Waals surface area (Å²) in [7, 11) is 0. The monoisotopic (exact) mass is 119 g/mol. The molecule has 0 aliphatic heterocycles. The Morgan fingerprint density at radius 1 is 1.67 bits per heavy atom. The Morgan fingerprint density at radius 3 is 3.11 bits per heavy atom. The van der Waals surface area contributed by atoms with E-state index in [1.165, 1.54) is 5.69 Å². The molecule has 0 bridgehead atoms. The molecule has 0 aromatic carbocycles. The largest absolute Gasteiger partial charge is 0.365 e. The van der Waals surface area contributed by atoms with Crippen molar-refractivity contribution in [3.05, 3.63) is 24.0 Å². The van der Waals surface area contributed by atoms with Gasteiger partial charge >= 0.3 is 0 Å². The minimum atomic E-state index is 0.820. The smallest absolute Gasteiger partial charge is 0.0156 e. The van der Waals surface area contributed by atoms with Crippen molar-refractivity contribution in [1.82, 2.24) is 4.98 Å². The van der Waals surface area contributed by atoms with Gasteiger partial charge in [0.15, 0.2) is 0 Å². The number of terminal acetylenes is 1. The third kappa shape index (κ3) is 1.65. The Kier molecular flexibility index (Phi) is 1.98. The zero-order valence-electron chi connectivity index (χ0n) is 5.22. The van der Waals surface area contributed by atoms with E-state index in [9.17, 15) is 0 Å². The van der Waals surface area contributed by atoms with E-state index in [1.54, 1.807) is 0 Å². The molecule has 0 aliphatic carbocycles. The fourth-order valence-electron chi connectivity index (χ4n) is 0.730. The molecule has 1 aromatic heterocycles. The first kappa shape index (κ1) is 5.97. The molecule has 0 aliphatic rings. The second-order valence-electron chi connectivity index (χ2n) is 1.90. The summed E-state index contributed by atoms with van der Waals surface area (Å²) >= 11 is 0. The molecule has 1 heterocycles. The van der Waals surface area contributed by atoms with Gasteiger partial charge < -0.3 is 4.98 Å². The van der Waals surface area contributed by atoms with Crippen LogP contribution < -0.4 is 0 Å². The number of aromatic amines is 1. The highest BCUT2D eigenvalue weighted by atomic mass is 14.7. The van der Waals surface area contributed by atoms with E-state index in [0.29, 0.717) is 0 Å². The molecule has 1 aromatic rings. The summed E-state index contributed by atoms with van der Waals surface area (Å²) in [5.41, 5.74) is 1.22. The average molecular weight is 119 g/mol. The maximum Gasteiger partial charge on any atom is 0.0156 e. The van der Waals surface area contributed by atoms with Crippen molar-refractivity contribution in [2.24, 2.45) is 0 Å². The summed E-state index contributed by atoms with van der Waals surface area (Å²) in [6, 6.07) is 4.02. The van der Waals surface area contributed by atoms with Gasteiger partial charge in [0.2, 0.25) is 0 Å².